The van der Waals surface area contributed by atoms with E-state index in [-0.39, 0.29) is 54.2 Å². The third kappa shape index (κ3) is 7.14. The van der Waals surface area contributed by atoms with Crippen LogP contribution in [0.2, 0.25) is 0 Å². The summed E-state index contributed by atoms with van der Waals surface area (Å²) in [5.41, 5.74) is 0.716. The Morgan fingerprint density at radius 1 is 0.556 bits per heavy atom. The van der Waals surface area contributed by atoms with E-state index in [0.29, 0.717) is 5.56 Å². The number of benzene rings is 2. The fourth-order valence-corrected chi connectivity index (χ4v) is 3.00. The molecule has 0 saturated carbocycles. The molecular weight excluding hydrogens is 464 g/mol. The maximum atomic E-state index is 12.8. The molecule has 0 saturated heterocycles. The molecule has 2 aromatic rings. The van der Waals surface area contributed by atoms with Crippen LogP contribution in [0, 0.1) is 0 Å². The molecule has 0 amide bonds. The fraction of sp³-hybridized carbons (Fsp3) is 0.143. The van der Waals surface area contributed by atoms with Crippen LogP contribution in [0.25, 0.3) is 11.1 Å². The van der Waals surface area contributed by atoms with Gasteiger partial charge in [-0.2, -0.15) is 0 Å². The molecule has 0 aliphatic heterocycles. The Hall–Kier alpha value is -4.72. The molecule has 0 heterocycles. The molecule has 2 aromatic carbocycles. The predicted octanol–water partition coefficient (Wildman–Crippen LogP) is 4.72. The SMILES string of the molecule is C=CCOC(=O)c1ccc(C(=O)OCC=C)c(-c2ccc(C(=O)OCC=C)c(C(=O)OCC=C)c2)c1. The molecule has 0 atom stereocenters. The number of esters is 4. The summed E-state index contributed by atoms with van der Waals surface area (Å²) in [5, 5.41) is 0. The molecule has 2 rings (SSSR count). The lowest BCUT2D eigenvalue weighted by atomic mass is 9.94. The molecule has 0 aliphatic carbocycles. The summed E-state index contributed by atoms with van der Waals surface area (Å²) in [5.74, 6) is -2.89. The molecule has 186 valence electrons. The number of ether oxygens (including phenoxy) is 4. The van der Waals surface area contributed by atoms with Crippen LogP contribution in [0.1, 0.15) is 41.4 Å². The number of hydrogen-bond donors (Lipinski definition) is 0. The Labute approximate surface area is 209 Å². The maximum absolute atomic E-state index is 12.8. The zero-order chi connectivity index (χ0) is 26.5. The van der Waals surface area contributed by atoms with Crippen LogP contribution in [-0.4, -0.2) is 50.3 Å². The second-order valence-corrected chi connectivity index (χ2v) is 7.07. The Balaban J connectivity index is 2.67. The molecule has 0 aliphatic rings. The number of rotatable bonds is 13. The van der Waals surface area contributed by atoms with Crippen molar-refractivity contribution in [3.63, 3.8) is 0 Å². The van der Waals surface area contributed by atoms with E-state index in [9.17, 15) is 19.2 Å². The monoisotopic (exact) mass is 490 g/mol. The number of carbonyl (C=O) groups excluding carboxylic acids is 4. The number of carbonyl (C=O) groups is 4. The van der Waals surface area contributed by atoms with Gasteiger partial charge in [0, 0.05) is 0 Å². The van der Waals surface area contributed by atoms with Crippen LogP contribution >= 0.6 is 0 Å². The van der Waals surface area contributed by atoms with Gasteiger partial charge in [0.05, 0.1) is 22.3 Å². The summed E-state index contributed by atoms with van der Waals surface area (Å²) in [6.07, 6.45) is 5.60. The fourth-order valence-electron chi connectivity index (χ4n) is 3.00. The molecule has 0 N–H and O–H groups in total. The normalized spacial score (nSPS) is 9.89. The first-order chi connectivity index (χ1) is 17.4. The first kappa shape index (κ1) is 27.5. The van der Waals surface area contributed by atoms with Gasteiger partial charge in [0.15, 0.2) is 0 Å². The second kappa shape index (κ2) is 13.9. The van der Waals surface area contributed by atoms with Crippen LogP contribution in [0.5, 0.6) is 0 Å². The Morgan fingerprint density at radius 3 is 1.53 bits per heavy atom. The highest BCUT2D eigenvalue weighted by Crippen LogP contribution is 2.29. The minimum atomic E-state index is -0.806. The van der Waals surface area contributed by atoms with Crippen molar-refractivity contribution in [1.82, 2.24) is 0 Å². The van der Waals surface area contributed by atoms with Crippen molar-refractivity contribution >= 4 is 23.9 Å². The van der Waals surface area contributed by atoms with Gasteiger partial charge in [0.2, 0.25) is 0 Å². The molecule has 0 aromatic heterocycles. The molecule has 36 heavy (non-hydrogen) atoms. The Morgan fingerprint density at radius 2 is 1.00 bits per heavy atom. The van der Waals surface area contributed by atoms with Gasteiger partial charge < -0.3 is 18.9 Å². The van der Waals surface area contributed by atoms with E-state index in [4.69, 9.17) is 18.9 Å². The Bertz CT molecular complexity index is 1190. The topological polar surface area (TPSA) is 105 Å². The van der Waals surface area contributed by atoms with Crippen molar-refractivity contribution < 1.29 is 38.1 Å². The highest BCUT2D eigenvalue weighted by atomic mass is 16.5. The molecule has 0 bridgehead atoms. The predicted molar refractivity (Wildman–Crippen MR) is 134 cm³/mol. The average Bonchev–Trinajstić information content (AvgIpc) is 2.91. The van der Waals surface area contributed by atoms with E-state index in [1.54, 1.807) is 0 Å². The lowest BCUT2D eigenvalue weighted by molar-refractivity contribution is 0.0503. The summed E-state index contributed by atoms with van der Waals surface area (Å²) in [4.78, 5) is 50.4. The van der Waals surface area contributed by atoms with Gasteiger partial charge in [-0.15, -0.1) is 0 Å². The standard InChI is InChI=1S/C28H26O8/c1-5-13-33-25(29)20-10-12-21(26(30)34-14-6-2)23(18-20)19-9-11-22(27(31)35-15-7-3)24(17-19)28(32)36-16-8-4/h5-12,17-18H,1-4,13-16H2. The third-order valence-corrected chi connectivity index (χ3v) is 4.57. The Kier molecular flexibility index (Phi) is 10.6. The lowest BCUT2D eigenvalue weighted by Crippen LogP contribution is -2.15. The van der Waals surface area contributed by atoms with Crippen molar-refractivity contribution in [2.45, 2.75) is 0 Å². The smallest absolute Gasteiger partial charge is 0.339 e. The number of hydrogen-bond acceptors (Lipinski definition) is 8. The van der Waals surface area contributed by atoms with Crippen LogP contribution < -0.4 is 0 Å². The van der Waals surface area contributed by atoms with E-state index >= 15 is 0 Å². The summed E-state index contributed by atoms with van der Waals surface area (Å²) in [6.45, 7) is 13.8. The second-order valence-electron chi connectivity index (χ2n) is 7.07. The van der Waals surface area contributed by atoms with E-state index in [0.717, 1.165) is 0 Å². The summed E-state index contributed by atoms with van der Waals surface area (Å²) >= 11 is 0. The van der Waals surface area contributed by atoms with Crippen LogP contribution in [0.3, 0.4) is 0 Å². The largest absolute Gasteiger partial charge is 0.458 e. The maximum Gasteiger partial charge on any atom is 0.339 e. The van der Waals surface area contributed by atoms with E-state index < -0.39 is 23.9 Å². The van der Waals surface area contributed by atoms with E-state index in [1.807, 2.05) is 0 Å². The minimum absolute atomic E-state index is 0.00188. The average molecular weight is 491 g/mol. The highest BCUT2D eigenvalue weighted by Gasteiger charge is 2.23. The molecule has 0 fully saturated rings. The lowest BCUT2D eigenvalue weighted by Gasteiger charge is -2.14. The van der Waals surface area contributed by atoms with Gasteiger partial charge in [-0.1, -0.05) is 56.7 Å². The first-order valence-electron chi connectivity index (χ1n) is 10.8. The van der Waals surface area contributed by atoms with E-state index in [1.165, 1.54) is 60.7 Å². The molecular formula is C28H26O8. The van der Waals surface area contributed by atoms with Gasteiger partial charge in [0.1, 0.15) is 26.4 Å². The van der Waals surface area contributed by atoms with Crippen molar-refractivity contribution in [3.05, 3.63) is 109 Å². The van der Waals surface area contributed by atoms with Crippen molar-refractivity contribution in [2.75, 3.05) is 26.4 Å². The quantitative estimate of drug-likeness (QED) is 0.226. The van der Waals surface area contributed by atoms with Crippen LogP contribution in [0.15, 0.2) is 87.0 Å². The highest BCUT2D eigenvalue weighted by molar-refractivity contribution is 6.06. The molecule has 0 spiro atoms. The summed E-state index contributed by atoms with van der Waals surface area (Å²) in [6, 6.07) is 8.50. The zero-order valence-electron chi connectivity index (χ0n) is 19.7. The summed E-state index contributed by atoms with van der Waals surface area (Å²) in [7, 11) is 0. The third-order valence-electron chi connectivity index (χ3n) is 4.57. The summed E-state index contributed by atoms with van der Waals surface area (Å²) < 4.78 is 20.5. The van der Waals surface area contributed by atoms with Gasteiger partial charge >= 0.3 is 23.9 Å². The van der Waals surface area contributed by atoms with Crippen molar-refractivity contribution in [3.8, 4) is 11.1 Å². The van der Waals surface area contributed by atoms with E-state index in [2.05, 4.69) is 26.3 Å². The zero-order valence-corrected chi connectivity index (χ0v) is 19.7. The van der Waals surface area contributed by atoms with Gasteiger partial charge in [-0.25, -0.2) is 19.2 Å². The minimum Gasteiger partial charge on any atom is -0.458 e. The first-order valence-corrected chi connectivity index (χ1v) is 10.8. The van der Waals surface area contributed by atoms with Crippen LogP contribution in [-0.2, 0) is 18.9 Å². The molecule has 8 nitrogen and oxygen atoms in total. The van der Waals surface area contributed by atoms with Gasteiger partial charge in [-0.05, 0) is 41.5 Å². The van der Waals surface area contributed by atoms with Gasteiger partial charge in [-0.3, -0.25) is 0 Å². The van der Waals surface area contributed by atoms with Crippen molar-refractivity contribution in [1.29, 1.82) is 0 Å². The molecule has 0 radical (unpaired) electrons. The molecule has 0 unspecified atom stereocenters. The van der Waals surface area contributed by atoms with Crippen molar-refractivity contribution in [2.24, 2.45) is 0 Å². The molecule has 8 heteroatoms. The van der Waals surface area contributed by atoms with Crippen LogP contribution in [0.4, 0.5) is 0 Å². The van der Waals surface area contributed by atoms with Gasteiger partial charge in [0.25, 0.3) is 0 Å².